The van der Waals surface area contributed by atoms with Crippen molar-refractivity contribution in [2.75, 3.05) is 13.1 Å². The molecule has 32 heavy (non-hydrogen) atoms. The summed E-state index contributed by atoms with van der Waals surface area (Å²) in [7, 11) is 0. The third kappa shape index (κ3) is 7.14. The van der Waals surface area contributed by atoms with Crippen LogP contribution in [0.15, 0.2) is 29.5 Å². The minimum Gasteiger partial charge on any atom is -0.444 e. The second-order valence-electron chi connectivity index (χ2n) is 9.50. The number of carbonyl (C=O) groups excluding carboxylic acids is 1. The van der Waals surface area contributed by atoms with Gasteiger partial charge < -0.3 is 25.1 Å². The van der Waals surface area contributed by atoms with Gasteiger partial charge in [0.15, 0.2) is 5.96 Å². The molecule has 8 heteroatoms. The Kier molecular flexibility index (Phi) is 7.99. The zero-order valence-electron chi connectivity index (χ0n) is 20.1. The first-order valence-corrected chi connectivity index (χ1v) is 11.7. The Morgan fingerprint density at radius 1 is 1.22 bits per heavy atom. The monoisotopic (exact) mass is 442 g/mol. The van der Waals surface area contributed by atoms with Gasteiger partial charge in [0.05, 0.1) is 5.69 Å². The Bertz CT molecular complexity index is 922. The summed E-state index contributed by atoms with van der Waals surface area (Å²) in [4.78, 5) is 21.5. The molecule has 3 rings (SSSR count). The number of pyridine rings is 1. The summed E-state index contributed by atoms with van der Waals surface area (Å²) < 4.78 is 7.44. The molecule has 0 aromatic carbocycles. The van der Waals surface area contributed by atoms with Crippen LogP contribution in [0.1, 0.15) is 64.6 Å². The fourth-order valence-electron chi connectivity index (χ4n) is 3.98. The summed E-state index contributed by atoms with van der Waals surface area (Å²) in [6.45, 7) is 11.3. The number of aromatic nitrogens is 2. The predicted octanol–water partition coefficient (Wildman–Crippen LogP) is 3.58. The van der Waals surface area contributed by atoms with Crippen molar-refractivity contribution < 1.29 is 9.53 Å². The Morgan fingerprint density at radius 2 is 1.91 bits per heavy atom. The van der Waals surface area contributed by atoms with E-state index in [-0.39, 0.29) is 12.1 Å². The maximum absolute atomic E-state index is 12.0. The van der Waals surface area contributed by atoms with E-state index in [2.05, 4.69) is 46.5 Å². The third-order valence-electron chi connectivity index (χ3n) is 5.50. The summed E-state index contributed by atoms with van der Waals surface area (Å²) in [5.41, 5.74) is 2.76. The summed E-state index contributed by atoms with van der Waals surface area (Å²) in [6, 6.07) is 4.63. The molecule has 1 aliphatic carbocycles. The molecular formula is C24H38N6O2. The van der Waals surface area contributed by atoms with Gasteiger partial charge in [0.1, 0.15) is 11.2 Å². The first-order valence-electron chi connectivity index (χ1n) is 11.7. The molecule has 1 saturated carbocycles. The molecule has 0 unspecified atom stereocenters. The highest BCUT2D eigenvalue weighted by molar-refractivity contribution is 5.80. The molecule has 2 aromatic heterocycles. The number of aryl methyl sites for hydroxylation is 1. The van der Waals surface area contributed by atoms with Gasteiger partial charge in [-0.1, -0.05) is 6.07 Å². The first-order chi connectivity index (χ1) is 15.2. The summed E-state index contributed by atoms with van der Waals surface area (Å²) >= 11 is 0. The minimum absolute atomic E-state index is 0.168. The lowest BCUT2D eigenvalue weighted by Gasteiger charge is -2.31. The average Bonchev–Trinajstić information content (AvgIpc) is 3.12. The predicted molar refractivity (Wildman–Crippen MR) is 128 cm³/mol. The highest BCUT2D eigenvalue weighted by Crippen LogP contribution is 2.19. The largest absolute Gasteiger partial charge is 0.444 e. The van der Waals surface area contributed by atoms with Crippen LogP contribution in [0.4, 0.5) is 4.79 Å². The number of nitrogens with zero attached hydrogens (tertiary/aromatic N) is 3. The van der Waals surface area contributed by atoms with E-state index < -0.39 is 5.60 Å². The van der Waals surface area contributed by atoms with Gasteiger partial charge in [0, 0.05) is 44.0 Å². The first kappa shape index (κ1) is 23.9. The SMILES string of the molecule is CCNC(=NCCc1cn2cccc(C)c2n1)NC1CCC(NC(=O)OC(C)(C)C)CC1. The number of nitrogens with one attached hydrogen (secondary N) is 3. The van der Waals surface area contributed by atoms with Crippen LogP contribution < -0.4 is 16.0 Å². The van der Waals surface area contributed by atoms with E-state index in [1.54, 1.807) is 0 Å². The van der Waals surface area contributed by atoms with Gasteiger partial charge in [0.2, 0.25) is 0 Å². The lowest BCUT2D eigenvalue weighted by Crippen LogP contribution is -2.48. The highest BCUT2D eigenvalue weighted by atomic mass is 16.6. The molecule has 0 atom stereocenters. The maximum Gasteiger partial charge on any atom is 0.407 e. The molecule has 0 spiro atoms. The number of guanidine groups is 1. The number of fused-ring (bicyclic) bond motifs is 1. The van der Waals surface area contributed by atoms with Gasteiger partial charge in [-0.2, -0.15) is 0 Å². The number of rotatable bonds is 6. The van der Waals surface area contributed by atoms with Gasteiger partial charge in [-0.25, -0.2) is 9.78 Å². The number of ether oxygens (including phenoxy) is 1. The molecule has 0 saturated heterocycles. The number of carbonyl (C=O) groups is 1. The maximum atomic E-state index is 12.0. The van der Waals surface area contributed by atoms with Gasteiger partial charge >= 0.3 is 6.09 Å². The minimum atomic E-state index is -0.470. The fourth-order valence-corrected chi connectivity index (χ4v) is 3.98. The molecule has 0 radical (unpaired) electrons. The van der Waals surface area contributed by atoms with Crippen LogP contribution in [0, 0.1) is 6.92 Å². The van der Waals surface area contributed by atoms with Crippen molar-refractivity contribution in [1.82, 2.24) is 25.3 Å². The van der Waals surface area contributed by atoms with Crippen LogP contribution in [0.25, 0.3) is 5.65 Å². The van der Waals surface area contributed by atoms with Gasteiger partial charge in [-0.05, 0) is 71.9 Å². The van der Waals surface area contributed by atoms with E-state index >= 15 is 0 Å². The molecule has 8 nitrogen and oxygen atoms in total. The van der Waals surface area contributed by atoms with E-state index in [1.807, 2.05) is 33.0 Å². The van der Waals surface area contributed by atoms with E-state index in [1.165, 1.54) is 5.56 Å². The van der Waals surface area contributed by atoms with E-state index in [9.17, 15) is 4.79 Å². The third-order valence-corrected chi connectivity index (χ3v) is 5.50. The van der Waals surface area contributed by atoms with Crippen LogP contribution in [-0.4, -0.2) is 52.2 Å². The smallest absolute Gasteiger partial charge is 0.407 e. The number of alkyl carbamates (subject to hydrolysis) is 1. The van der Waals surface area contributed by atoms with E-state index in [0.29, 0.717) is 12.6 Å². The normalized spacial score (nSPS) is 19.6. The molecule has 0 bridgehead atoms. The van der Waals surface area contributed by atoms with Crippen LogP contribution in [0.3, 0.4) is 0 Å². The average molecular weight is 443 g/mol. The molecule has 3 N–H and O–H groups in total. The summed E-state index contributed by atoms with van der Waals surface area (Å²) in [5, 5.41) is 9.90. The zero-order valence-corrected chi connectivity index (χ0v) is 20.1. The fraction of sp³-hybridized carbons (Fsp3) is 0.625. The Labute approximate surface area is 191 Å². The van der Waals surface area contributed by atoms with Crippen molar-refractivity contribution >= 4 is 17.7 Å². The lowest BCUT2D eigenvalue weighted by molar-refractivity contribution is 0.0490. The quantitative estimate of drug-likeness (QED) is 0.470. The Morgan fingerprint density at radius 3 is 2.53 bits per heavy atom. The van der Waals surface area contributed by atoms with Crippen molar-refractivity contribution in [2.45, 2.75) is 84.4 Å². The number of aliphatic imine (C=N–C) groups is 1. The van der Waals surface area contributed by atoms with Crippen LogP contribution in [-0.2, 0) is 11.2 Å². The Hall–Kier alpha value is -2.77. The summed E-state index contributed by atoms with van der Waals surface area (Å²) in [6.07, 6.45) is 8.40. The number of hydrogen-bond acceptors (Lipinski definition) is 4. The number of hydrogen-bond donors (Lipinski definition) is 3. The molecule has 176 valence electrons. The molecule has 1 fully saturated rings. The van der Waals surface area contributed by atoms with Crippen LogP contribution >= 0.6 is 0 Å². The second kappa shape index (κ2) is 10.7. The number of amides is 1. The zero-order chi connectivity index (χ0) is 23.1. The highest BCUT2D eigenvalue weighted by Gasteiger charge is 2.25. The number of imidazole rings is 1. The molecule has 1 amide bonds. The lowest BCUT2D eigenvalue weighted by atomic mass is 9.91. The van der Waals surface area contributed by atoms with Crippen molar-refractivity contribution in [1.29, 1.82) is 0 Å². The van der Waals surface area contributed by atoms with Crippen molar-refractivity contribution in [3.05, 3.63) is 35.8 Å². The molecular weight excluding hydrogens is 404 g/mol. The standard InChI is InChI=1S/C24H38N6O2/c1-6-25-22(26-14-13-20-16-30-15-7-8-17(2)21(30)27-20)28-18-9-11-19(12-10-18)29-23(31)32-24(3,4)5/h7-8,15-16,18-19H,6,9-14H2,1-5H3,(H,29,31)(H2,25,26,28). The van der Waals surface area contributed by atoms with Gasteiger partial charge in [-0.15, -0.1) is 0 Å². The van der Waals surface area contributed by atoms with Crippen molar-refractivity contribution in [2.24, 2.45) is 4.99 Å². The van der Waals surface area contributed by atoms with Crippen molar-refractivity contribution in [3.63, 3.8) is 0 Å². The Balaban J connectivity index is 1.47. The van der Waals surface area contributed by atoms with E-state index in [4.69, 9.17) is 14.7 Å². The summed E-state index contributed by atoms with van der Waals surface area (Å²) in [5.74, 6) is 0.844. The molecule has 2 aromatic rings. The molecule has 0 aliphatic heterocycles. The van der Waals surface area contributed by atoms with Crippen molar-refractivity contribution in [3.8, 4) is 0 Å². The van der Waals surface area contributed by atoms with E-state index in [0.717, 1.165) is 55.9 Å². The second-order valence-corrected chi connectivity index (χ2v) is 9.50. The van der Waals surface area contributed by atoms with Crippen LogP contribution in [0.5, 0.6) is 0 Å². The van der Waals surface area contributed by atoms with Gasteiger partial charge in [-0.3, -0.25) is 4.99 Å². The molecule has 1 aliphatic rings. The topological polar surface area (TPSA) is 92.0 Å². The van der Waals surface area contributed by atoms with Gasteiger partial charge in [0.25, 0.3) is 0 Å². The van der Waals surface area contributed by atoms with Crippen LogP contribution in [0.2, 0.25) is 0 Å². The molecule has 2 heterocycles.